The SMILES string of the molecule is COc1ccc(S(=O)(=O)N(CC(=O)Nc2ccc(Br)c(C)c2)c2ccc(C)cc2)cc1Br. The smallest absolute Gasteiger partial charge is 0.264 e. The highest BCUT2D eigenvalue weighted by atomic mass is 79.9. The van der Waals surface area contributed by atoms with Gasteiger partial charge in [0.15, 0.2) is 0 Å². The van der Waals surface area contributed by atoms with Crippen molar-refractivity contribution < 1.29 is 17.9 Å². The van der Waals surface area contributed by atoms with Gasteiger partial charge in [0, 0.05) is 10.2 Å². The average molecular weight is 582 g/mol. The molecule has 0 radical (unpaired) electrons. The van der Waals surface area contributed by atoms with Crippen molar-refractivity contribution in [2.45, 2.75) is 18.7 Å². The van der Waals surface area contributed by atoms with Crippen molar-refractivity contribution in [3.05, 3.63) is 80.7 Å². The van der Waals surface area contributed by atoms with Gasteiger partial charge in [0.05, 0.1) is 22.2 Å². The molecule has 0 heterocycles. The number of aryl methyl sites for hydroxylation is 2. The predicted octanol–water partition coefficient (Wildman–Crippen LogP) is 5.67. The number of sulfonamides is 1. The first kappa shape index (κ1) is 24.3. The van der Waals surface area contributed by atoms with Crippen LogP contribution in [0.2, 0.25) is 0 Å². The van der Waals surface area contributed by atoms with E-state index in [1.165, 1.54) is 19.2 Å². The predicted molar refractivity (Wildman–Crippen MR) is 134 cm³/mol. The lowest BCUT2D eigenvalue weighted by atomic mass is 10.2. The van der Waals surface area contributed by atoms with Crippen LogP contribution < -0.4 is 14.4 Å². The lowest BCUT2D eigenvalue weighted by Crippen LogP contribution is -2.38. The van der Waals surface area contributed by atoms with Crippen LogP contribution in [-0.2, 0) is 14.8 Å². The molecule has 0 bridgehead atoms. The van der Waals surface area contributed by atoms with Crippen LogP contribution in [0.3, 0.4) is 0 Å². The fraction of sp³-hybridized carbons (Fsp3) is 0.174. The van der Waals surface area contributed by atoms with Gasteiger partial charge in [-0.05, 0) is 83.9 Å². The molecule has 168 valence electrons. The number of hydrogen-bond donors (Lipinski definition) is 1. The van der Waals surface area contributed by atoms with E-state index in [-0.39, 0.29) is 11.4 Å². The number of methoxy groups -OCH3 is 1. The molecule has 9 heteroatoms. The van der Waals surface area contributed by atoms with Gasteiger partial charge in [-0.1, -0.05) is 33.6 Å². The summed E-state index contributed by atoms with van der Waals surface area (Å²) in [5, 5.41) is 2.78. The van der Waals surface area contributed by atoms with Gasteiger partial charge >= 0.3 is 0 Å². The van der Waals surface area contributed by atoms with E-state index in [1.54, 1.807) is 36.4 Å². The molecule has 0 saturated heterocycles. The largest absolute Gasteiger partial charge is 0.496 e. The number of carbonyl (C=O) groups is 1. The lowest BCUT2D eigenvalue weighted by molar-refractivity contribution is -0.114. The van der Waals surface area contributed by atoms with Crippen LogP contribution in [0, 0.1) is 13.8 Å². The third kappa shape index (κ3) is 5.51. The summed E-state index contributed by atoms with van der Waals surface area (Å²) in [6.45, 7) is 3.43. The lowest BCUT2D eigenvalue weighted by Gasteiger charge is -2.24. The molecule has 0 aliphatic heterocycles. The first-order chi connectivity index (χ1) is 15.1. The van der Waals surface area contributed by atoms with Crippen molar-refractivity contribution >= 4 is 59.2 Å². The minimum Gasteiger partial charge on any atom is -0.496 e. The Labute approximate surface area is 204 Å². The molecule has 6 nitrogen and oxygen atoms in total. The molecule has 0 spiro atoms. The van der Waals surface area contributed by atoms with E-state index >= 15 is 0 Å². The second-order valence-electron chi connectivity index (χ2n) is 7.16. The van der Waals surface area contributed by atoms with E-state index in [9.17, 15) is 13.2 Å². The molecule has 0 aliphatic rings. The zero-order valence-corrected chi connectivity index (χ0v) is 21.7. The molecule has 32 heavy (non-hydrogen) atoms. The molecule has 0 aliphatic carbocycles. The summed E-state index contributed by atoms with van der Waals surface area (Å²) < 4.78 is 34.8. The van der Waals surface area contributed by atoms with Gasteiger partial charge in [0.1, 0.15) is 12.3 Å². The number of amides is 1. The minimum absolute atomic E-state index is 0.0398. The zero-order chi connectivity index (χ0) is 23.5. The van der Waals surface area contributed by atoms with E-state index in [0.717, 1.165) is 19.9 Å². The van der Waals surface area contributed by atoms with E-state index < -0.39 is 15.9 Å². The Morgan fingerprint density at radius 1 is 0.969 bits per heavy atom. The third-order valence-corrected chi connectivity index (χ3v) is 8.04. The van der Waals surface area contributed by atoms with E-state index in [0.29, 0.717) is 21.6 Å². The Morgan fingerprint density at radius 2 is 1.66 bits per heavy atom. The highest BCUT2D eigenvalue weighted by Crippen LogP contribution is 2.31. The highest BCUT2D eigenvalue weighted by Gasteiger charge is 2.28. The van der Waals surface area contributed by atoms with Gasteiger partial charge in [0.2, 0.25) is 5.91 Å². The van der Waals surface area contributed by atoms with Crippen LogP contribution in [0.5, 0.6) is 5.75 Å². The number of benzene rings is 3. The number of rotatable bonds is 7. The maximum Gasteiger partial charge on any atom is 0.264 e. The number of ether oxygens (including phenoxy) is 1. The molecular formula is C23H22Br2N2O4S. The number of halogens is 2. The fourth-order valence-corrected chi connectivity index (χ4v) is 5.40. The summed E-state index contributed by atoms with van der Waals surface area (Å²) in [6.07, 6.45) is 0. The summed E-state index contributed by atoms with van der Waals surface area (Å²) in [7, 11) is -2.54. The van der Waals surface area contributed by atoms with Crippen LogP contribution in [0.15, 0.2) is 74.5 Å². The Bertz CT molecular complexity index is 1250. The Morgan fingerprint density at radius 3 is 2.25 bits per heavy atom. The number of hydrogen-bond acceptors (Lipinski definition) is 4. The van der Waals surface area contributed by atoms with Crippen molar-refractivity contribution in [1.29, 1.82) is 0 Å². The van der Waals surface area contributed by atoms with Crippen molar-refractivity contribution in [3.63, 3.8) is 0 Å². The molecular weight excluding hydrogens is 560 g/mol. The van der Waals surface area contributed by atoms with Gasteiger partial charge in [-0.15, -0.1) is 0 Å². The van der Waals surface area contributed by atoms with Crippen molar-refractivity contribution in [3.8, 4) is 5.75 Å². The summed E-state index contributed by atoms with van der Waals surface area (Å²) >= 11 is 6.76. The van der Waals surface area contributed by atoms with Crippen LogP contribution in [0.25, 0.3) is 0 Å². The number of nitrogens with zero attached hydrogens (tertiary/aromatic N) is 1. The van der Waals surface area contributed by atoms with E-state index in [4.69, 9.17) is 4.74 Å². The van der Waals surface area contributed by atoms with Gasteiger partial charge in [-0.25, -0.2) is 8.42 Å². The number of anilines is 2. The van der Waals surface area contributed by atoms with Crippen molar-refractivity contribution in [1.82, 2.24) is 0 Å². The maximum absolute atomic E-state index is 13.5. The second kappa shape index (κ2) is 10.1. The first-order valence-corrected chi connectivity index (χ1v) is 12.6. The fourth-order valence-electron chi connectivity index (χ4n) is 3.01. The molecule has 3 rings (SSSR count). The molecule has 0 aromatic heterocycles. The van der Waals surface area contributed by atoms with Crippen LogP contribution in [0.1, 0.15) is 11.1 Å². The topological polar surface area (TPSA) is 75.7 Å². The average Bonchev–Trinajstić information content (AvgIpc) is 2.75. The number of carbonyl (C=O) groups excluding carboxylic acids is 1. The van der Waals surface area contributed by atoms with Crippen molar-refractivity contribution in [2.24, 2.45) is 0 Å². The zero-order valence-electron chi connectivity index (χ0n) is 17.7. The first-order valence-electron chi connectivity index (χ1n) is 9.61. The van der Waals surface area contributed by atoms with Gasteiger partial charge in [0.25, 0.3) is 10.0 Å². The maximum atomic E-state index is 13.5. The molecule has 0 saturated carbocycles. The Kier molecular flexibility index (Phi) is 7.63. The standard InChI is InChI=1S/C23H22Br2N2O4S/c1-15-4-7-18(8-5-15)27(14-23(28)26-17-6-10-20(24)16(2)12-17)32(29,30)19-9-11-22(31-3)21(25)13-19/h4-13H,14H2,1-3H3,(H,26,28). The Hall–Kier alpha value is -2.36. The summed E-state index contributed by atoms with van der Waals surface area (Å²) in [6, 6.07) is 16.8. The second-order valence-corrected chi connectivity index (χ2v) is 10.7. The monoisotopic (exact) mass is 580 g/mol. The molecule has 1 N–H and O–H groups in total. The van der Waals surface area contributed by atoms with Crippen LogP contribution in [-0.4, -0.2) is 28.0 Å². The van der Waals surface area contributed by atoms with Crippen LogP contribution >= 0.6 is 31.9 Å². The summed E-state index contributed by atoms with van der Waals surface area (Å²) in [5.74, 6) is 0.0534. The molecule has 0 fully saturated rings. The van der Waals surface area contributed by atoms with Crippen LogP contribution in [0.4, 0.5) is 11.4 Å². The molecule has 3 aromatic rings. The van der Waals surface area contributed by atoms with Gasteiger partial charge in [-0.2, -0.15) is 0 Å². The normalized spacial score (nSPS) is 11.2. The Balaban J connectivity index is 1.96. The minimum atomic E-state index is -4.04. The molecule has 0 atom stereocenters. The third-order valence-electron chi connectivity index (χ3n) is 4.76. The highest BCUT2D eigenvalue weighted by molar-refractivity contribution is 9.10. The quantitative estimate of drug-likeness (QED) is 0.390. The summed E-state index contributed by atoms with van der Waals surface area (Å²) in [5.41, 5.74) is 2.91. The van der Waals surface area contributed by atoms with E-state index in [1.807, 2.05) is 26.0 Å². The van der Waals surface area contributed by atoms with Crippen molar-refractivity contribution in [2.75, 3.05) is 23.3 Å². The van der Waals surface area contributed by atoms with Gasteiger partial charge < -0.3 is 10.1 Å². The molecule has 3 aromatic carbocycles. The number of nitrogens with one attached hydrogen (secondary N) is 1. The van der Waals surface area contributed by atoms with E-state index in [2.05, 4.69) is 37.2 Å². The van der Waals surface area contributed by atoms with Gasteiger partial charge in [-0.3, -0.25) is 9.10 Å². The summed E-state index contributed by atoms with van der Waals surface area (Å²) in [4.78, 5) is 12.9. The molecule has 1 amide bonds. The molecule has 0 unspecified atom stereocenters.